The molecule has 0 aromatic carbocycles. The zero-order valence-corrected chi connectivity index (χ0v) is 9.46. The number of hydrogen-bond donors (Lipinski definition) is 2. The lowest BCUT2D eigenvalue weighted by Gasteiger charge is -2.14. The monoisotopic (exact) mass is 213 g/mol. The molecule has 0 aliphatic heterocycles. The van der Waals surface area contributed by atoms with Gasteiger partial charge in [0.05, 0.1) is 12.2 Å². The van der Waals surface area contributed by atoms with Crippen LogP contribution in [0.4, 0.5) is 0 Å². The van der Waals surface area contributed by atoms with Crippen LogP contribution in [0.1, 0.15) is 26.6 Å². The summed E-state index contributed by atoms with van der Waals surface area (Å²) in [7, 11) is 0. The van der Waals surface area contributed by atoms with E-state index in [4.69, 9.17) is 0 Å². The Morgan fingerprint density at radius 1 is 1.33 bits per heavy atom. The standard InChI is InChI=1S/C10H19N3O2/c1-7(2)5-13-10(11-6-12-13)4-9(15)8(3)14/h6-9,14-15H,4-5H2,1-3H3. The Hall–Kier alpha value is -0.940. The first-order chi connectivity index (χ1) is 7.00. The predicted octanol–water partition coefficient (Wildman–Crippen LogP) is 0.218. The molecular formula is C10H19N3O2. The van der Waals surface area contributed by atoms with Crippen molar-refractivity contribution >= 4 is 0 Å². The molecule has 0 radical (unpaired) electrons. The topological polar surface area (TPSA) is 71.2 Å². The maximum absolute atomic E-state index is 9.53. The van der Waals surface area contributed by atoms with Gasteiger partial charge in [-0.1, -0.05) is 13.8 Å². The van der Waals surface area contributed by atoms with E-state index < -0.39 is 12.2 Å². The van der Waals surface area contributed by atoms with Crippen molar-refractivity contribution in [3.63, 3.8) is 0 Å². The van der Waals surface area contributed by atoms with Crippen LogP contribution < -0.4 is 0 Å². The van der Waals surface area contributed by atoms with Gasteiger partial charge in [0.25, 0.3) is 0 Å². The van der Waals surface area contributed by atoms with E-state index in [1.54, 1.807) is 11.6 Å². The second-order valence-electron chi connectivity index (χ2n) is 4.26. The highest BCUT2D eigenvalue weighted by Gasteiger charge is 2.15. The predicted molar refractivity (Wildman–Crippen MR) is 56.3 cm³/mol. The highest BCUT2D eigenvalue weighted by molar-refractivity contribution is 4.89. The van der Waals surface area contributed by atoms with Gasteiger partial charge in [0, 0.05) is 13.0 Å². The molecule has 0 spiro atoms. The largest absolute Gasteiger partial charge is 0.391 e. The fourth-order valence-electron chi connectivity index (χ4n) is 1.30. The normalized spacial score (nSPS) is 15.6. The summed E-state index contributed by atoms with van der Waals surface area (Å²) in [6.07, 6.45) is 0.297. The van der Waals surface area contributed by atoms with Crippen molar-refractivity contribution < 1.29 is 10.2 Å². The van der Waals surface area contributed by atoms with Gasteiger partial charge in [0.15, 0.2) is 0 Å². The molecule has 0 amide bonds. The third-order valence-corrected chi connectivity index (χ3v) is 2.18. The summed E-state index contributed by atoms with van der Waals surface area (Å²) in [5.74, 6) is 1.20. The molecule has 2 atom stereocenters. The van der Waals surface area contributed by atoms with Crippen molar-refractivity contribution in [1.29, 1.82) is 0 Å². The number of aromatic nitrogens is 3. The molecular weight excluding hydrogens is 194 g/mol. The lowest BCUT2D eigenvalue weighted by Crippen LogP contribution is -2.27. The van der Waals surface area contributed by atoms with Crippen LogP contribution in [0.15, 0.2) is 6.33 Å². The van der Waals surface area contributed by atoms with Gasteiger partial charge in [-0.3, -0.25) is 0 Å². The van der Waals surface area contributed by atoms with Crippen LogP contribution in [0.3, 0.4) is 0 Å². The minimum Gasteiger partial charge on any atom is -0.391 e. The molecule has 1 aromatic rings. The lowest BCUT2D eigenvalue weighted by molar-refractivity contribution is 0.0300. The molecule has 2 unspecified atom stereocenters. The Morgan fingerprint density at radius 3 is 2.53 bits per heavy atom. The molecule has 1 heterocycles. The fourth-order valence-corrected chi connectivity index (χ4v) is 1.30. The van der Waals surface area contributed by atoms with Gasteiger partial charge in [-0.05, 0) is 12.8 Å². The molecule has 5 heteroatoms. The Labute approximate surface area is 89.8 Å². The zero-order chi connectivity index (χ0) is 11.4. The smallest absolute Gasteiger partial charge is 0.138 e. The quantitative estimate of drug-likeness (QED) is 0.734. The van der Waals surface area contributed by atoms with Crippen LogP contribution in [-0.4, -0.2) is 37.2 Å². The van der Waals surface area contributed by atoms with E-state index in [0.717, 1.165) is 12.4 Å². The molecule has 15 heavy (non-hydrogen) atoms. The van der Waals surface area contributed by atoms with Gasteiger partial charge in [0.1, 0.15) is 12.2 Å². The Kier molecular flexibility index (Phi) is 4.23. The second-order valence-corrected chi connectivity index (χ2v) is 4.26. The van der Waals surface area contributed by atoms with Gasteiger partial charge in [-0.15, -0.1) is 0 Å². The molecule has 0 aliphatic rings. The Bertz CT molecular complexity index is 297. The van der Waals surface area contributed by atoms with Crippen molar-refractivity contribution in [3.8, 4) is 0 Å². The summed E-state index contributed by atoms with van der Waals surface area (Å²) in [4.78, 5) is 4.07. The van der Waals surface area contributed by atoms with Crippen LogP contribution in [0.2, 0.25) is 0 Å². The zero-order valence-electron chi connectivity index (χ0n) is 9.46. The molecule has 1 aromatic heterocycles. The molecule has 0 saturated carbocycles. The number of hydrogen-bond acceptors (Lipinski definition) is 4. The van der Waals surface area contributed by atoms with Crippen molar-refractivity contribution in [2.75, 3.05) is 0 Å². The molecule has 2 N–H and O–H groups in total. The Balaban J connectivity index is 2.64. The fraction of sp³-hybridized carbons (Fsp3) is 0.800. The third-order valence-electron chi connectivity index (χ3n) is 2.18. The van der Waals surface area contributed by atoms with Crippen molar-refractivity contribution in [3.05, 3.63) is 12.2 Å². The van der Waals surface area contributed by atoms with Crippen LogP contribution >= 0.6 is 0 Å². The minimum atomic E-state index is -0.778. The average molecular weight is 213 g/mol. The third kappa shape index (κ3) is 3.60. The van der Waals surface area contributed by atoms with Gasteiger partial charge in [-0.2, -0.15) is 5.10 Å². The average Bonchev–Trinajstić information content (AvgIpc) is 2.51. The van der Waals surface area contributed by atoms with E-state index in [1.807, 2.05) is 0 Å². The van der Waals surface area contributed by atoms with Crippen LogP contribution in [-0.2, 0) is 13.0 Å². The van der Waals surface area contributed by atoms with E-state index in [-0.39, 0.29) is 0 Å². The molecule has 86 valence electrons. The summed E-state index contributed by atoms with van der Waals surface area (Å²) < 4.78 is 1.77. The SMILES string of the molecule is CC(C)Cn1ncnc1CC(O)C(C)O. The van der Waals surface area contributed by atoms with Crippen LogP contribution in [0.25, 0.3) is 0 Å². The van der Waals surface area contributed by atoms with Gasteiger partial charge >= 0.3 is 0 Å². The van der Waals surface area contributed by atoms with Crippen molar-refractivity contribution in [2.24, 2.45) is 5.92 Å². The molecule has 1 rings (SSSR count). The van der Waals surface area contributed by atoms with Gasteiger partial charge < -0.3 is 10.2 Å². The van der Waals surface area contributed by atoms with E-state index in [0.29, 0.717) is 12.3 Å². The first-order valence-electron chi connectivity index (χ1n) is 5.23. The van der Waals surface area contributed by atoms with Crippen molar-refractivity contribution in [2.45, 2.75) is 45.9 Å². The minimum absolute atomic E-state index is 0.338. The lowest BCUT2D eigenvalue weighted by atomic mass is 10.1. The van der Waals surface area contributed by atoms with Gasteiger partial charge in [-0.25, -0.2) is 9.67 Å². The molecule has 0 saturated heterocycles. The maximum Gasteiger partial charge on any atom is 0.138 e. The van der Waals surface area contributed by atoms with E-state index in [2.05, 4.69) is 23.9 Å². The van der Waals surface area contributed by atoms with Crippen molar-refractivity contribution in [1.82, 2.24) is 14.8 Å². The molecule has 0 bridgehead atoms. The summed E-state index contributed by atoms with van der Waals surface area (Å²) in [6.45, 7) is 6.53. The molecule has 5 nitrogen and oxygen atoms in total. The number of aliphatic hydroxyl groups excluding tert-OH is 2. The summed E-state index contributed by atoms with van der Waals surface area (Å²) in [5.41, 5.74) is 0. The Morgan fingerprint density at radius 2 is 2.00 bits per heavy atom. The molecule has 0 aliphatic carbocycles. The summed E-state index contributed by atoms with van der Waals surface area (Å²) >= 11 is 0. The van der Waals surface area contributed by atoms with E-state index in [9.17, 15) is 10.2 Å². The maximum atomic E-state index is 9.53. The van der Waals surface area contributed by atoms with Crippen LogP contribution in [0, 0.1) is 5.92 Å². The highest BCUT2D eigenvalue weighted by atomic mass is 16.3. The number of aliphatic hydroxyl groups is 2. The number of nitrogens with zero attached hydrogens (tertiary/aromatic N) is 3. The first-order valence-corrected chi connectivity index (χ1v) is 5.23. The molecule has 0 fully saturated rings. The summed E-state index contributed by atoms with van der Waals surface area (Å²) in [6, 6.07) is 0. The van der Waals surface area contributed by atoms with E-state index in [1.165, 1.54) is 6.33 Å². The second kappa shape index (κ2) is 5.23. The van der Waals surface area contributed by atoms with Gasteiger partial charge in [0.2, 0.25) is 0 Å². The van der Waals surface area contributed by atoms with Crippen LogP contribution in [0.5, 0.6) is 0 Å². The number of rotatable bonds is 5. The first kappa shape index (κ1) is 12.1. The summed E-state index contributed by atoms with van der Waals surface area (Å²) in [5, 5.41) is 22.8. The van der Waals surface area contributed by atoms with E-state index >= 15 is 0 Å². The highest BCUT2D eigenvalue weighted by Crippen LogP contribution is 2.05.